The van der Waals surface area contributed by atoms with Crippen molar-refractivity contribution in [3.8, 4) is 0 Å². The number of hydrogen-bond acceptors (Lipinski definition) is 2. The SMILES string of the molecule is CCC(C)NC(=O)CNCc1ccc(F)c(F)c1. The quantitative estimate of drug-likeness (QED) is 0.817. The van der Waals surface area contributed by atoms with Crippen LogP contribution in [0.4, 0.5) is 8.78 Å². The fourth-order valence-electron chi connectivity index (χ4n) is 1.40. The Balaban J connectivity index is 2.33. The Morgan fingerprint density at radius 2 is 2.06 bits per heavy atom. The van der Waals surface area contributed by atoms with Gasteiger partial charge in [0, 0.05) is 12.6 Å². The molecule has 18 heavy (non-hydrogen) atoms. The van der Waals surface area contributed by atoms with Crippen LogP contribution in [0, 0.1) is 11.6 Å². The maximum atomic E-state index is 12.9. The topological polar surface area (TPSA) is 41.1 Å². The molecule has 1 aromatic rings. The average molecular weight is 256 g/mol. The molecule has 0 saturated carbocycles. The smallest absolute Gasteiger partial charge is 0.234 e. The van der Waals surface area contributed by atoms with E-state index in [-0.39, 0.29) is 18.5 Å². The van der Waals surface area contributed by atoms with Gasteiger partial charge < -0.3 is 10.6 Å². The van der Waals surface area contributed by atoms with E-state index < -0.39 is 11.6 Å². The van der Waals surface area contributed by atoms with E-state index in [0.29, 0.717) is 12.1 Å². The Labute approximate surface area is 106 Å². The summed E-state index contributed by atoms with van der Waals surface area (Å²) in [6, 6.07) is 3.82. The van der Waals surface area contributed by atoms with Crippen LogP contribution in [0.15, 0.2) is 18.2 Å². The Hall–Kier alpha value is -1.49. The zero-order valence-electron chi connectivity index (χ0n) is 10.6. The van der Waals surface area contributed by atoms with Gasteiger partial charge in [-0.25, -0.2) is 8.78 Å². The van der Waals surface area contributed by atoms with E-state index in [1.54, 1.807) is 0 Å². The van der Waals surface area contributed by atoms with Crippen LogP contribution < -0.4 is 10.6 Å². The molecule has 0 aliphatic heterocycles. The van der Waals surface area contributed by atoms with Crippen LogP contribution in [0.2, 0.25) is 0 Å². The van der Waals surface area contributed by atoms with Crippen molar-refractivity contribution in [3.63, 3.8) is 0 Å². The Bertz CT molecular complexity index is 410. The second kappa shape index (κ2) is 7.06. The highest BCUT2D eigenvalue weighted by Gasteiger charge is 2.06. The van der Waals surface area contributed by atoms with Gasteiger partial charge in [-0.15, -0.1) is 0 Å². The molecular formula is C13H18F2N2O. The predicted molar refractivity (Wildman–Crippen MR) is 66.0 cm³/mol. The minimum atomic E-state index is -0.877. The van der Waals surface area contributed by atoms with Gasteiger partial charge in [0.1, 0.15) is 0 Å². The van der Waals surface area contributed by atoms with Crippen LogP contribution in [-0.4, -0.2) is 18.5 Å². The molecule has 2 N–H and O–H groups in total. The maximum Gasteiger partial charge on any atom is 0.234 e. The van der Waals surface area contributed by atoms with Crippen LogP contribution in [0.3, 0.4) is 0 Å². The molecule has 3 nitrogen and oxygen atoms in total. The minimum Gasteiger partial charge on any atom is -0.353 e. The molecule has 0 heterocycles. The minimum absolute atomic E-state index is 0.105. The number of benzene rings is 1. The van der Waals surface area contributed by atoms with Crippen molar-refractivity contribution < 1.29 is 13.6 Å². The van der Waals surface area contributed by atoms with Gasteiger partial charge in [-0.05, 0) is 31.0 Å². The summed E-state index contributed by atoms with van der Waals surface area (Å²) >= 11 is 0. The average Bonchev–Trinajstić information content (AvgIpc) is 2.33. The lowest BCUT2D eigenvalue weighted by Gasteiger charge is -2.11. The zero-order valence-corrected chi connectivity index (χ0v) is 10.6. The summed E-state index contributed by atoms with van der Waals surface area (Å²) in [5.41, 5.74) is 0.602. The molecule has 1 rings (SSSR count). The van der Waals surface area contributed by atoms with Crippen LogP contribution in [0.25, 0.3) is 0 Å². The van der Waals surface area contributed by atoms with E-state index in [0.717, 1.165) is 18.6 Å². The summed E-state index contributed by atoms with van der Waals surface area (Å²) < 4.78 is 25.6. The second-order valence-electron chi connectivity index (χ2n) is 4.23. The maximum absolute atomic E-state index is 12.9. The van der Waals surface area contributed by atoms with Gasteiger partial charge >= 0.3 is 0 Å². The van der Waals surface area contributed by atoms with Gasteiger partial charge in [-0.2, -0.15) is 0 Å². The van der Waals surface area contributed by atoms with Gasteiger partial charge in [-0.1, -0.05) is 13.0 Å². The van der Waals surface area contributed by atoms with Crippen LogP contribution >= 0.6 is 0 Å². The molecule has 1 amide bonds. The van der Waals surface area contributed by atoms with Crippen LogP contribution in [-0.2, 0) is 11.3 Å². The fraction of sp³-hybridized carbons (Fsp3) is 0.462. The van der Waals surface area contributed by atoms with Crippen molar-refractivity contribution >= 4 is 5.91 Å². The molecule has 0 spiro atoms. The second-order valence-corrected chi connectivity index (χ2v) is 4.23. The van der Waals surface area contributed by atoms with Gasteiger partial charge in [-0.3, -0.25) is 4.79 Å². The van der Waals surface area contributed by atoms with E-state index in [9.17, 15) is 13.6 Å². The monoisotopic (exact) mass is 256 g/mol. The molecule has 100 valence electrons. The lowest BCUT2D eigenvalue weighted by atomic mass is 10.2. The number of amides is 1. The highest BCUT2D eigenvalue weighted by molar-refractivity contribution is 5.78. The Kier molecular flexibility index (Phi) is 5.71. The highest BCUT2D eigenvalue weighted by Crippen LogP contribution is 2.08. The van der Waals surface area contributed by atoms with Crippen molar-refractivity contribution in [1.82, 2.24) is 10.6 Å². The van der Waals surface area contributed by atoms with Crippen molar-refractivity contribution in [2.75, 3.05) is 6.54 Å². The molecular weight excluding hydrogens is 238 g/mol. The number of halogens is 2. The summed E-state index contributed by atoms with van der Waals surface area (Å²) in [5, 5.41) is 5.68. The number of hydrogen-bond donors (Lipinski definition) is 2. The highest BCUT2D eigenvalue weighted by atomic mass is 19.2. The van der Waals surface area contributed by atoms with E-state index >= 15 is 0 Å². The standard InChI is InChI=1S/C13H18F2N2O/c1-3-9(2)17-13(18)8-16-7-10-4-5-11(14)12(15)6-10/h4-6,9,16H,3,7-8H2,1-2H3,(H,17,18). The summed E-state index contributed by atoms with van der Waals surface area (Å²) in [6.07, 6.45) is 0.870. The first kappa shape index (κ1) is 14.6. The van der Waals surface area contributed by atoms with Gasteiger partial charge in [0.05, 0.1) is 6.54 Å². The number of nitrogens with one attached hydrogen (secondary N) is 2. The molecule has 0 aliphatic rings. The van der Waals surface area contributed by atoms with Crippen molar-refractivity contribution in [2.24, 2.45) is 0 Å². The van der Waals surface area contributed by atoms with Crippen molar-refractivity contribution in [2.45, 2.75) is 32.9 Å². The van der Waals surface area contributed by atoms with Crippen molar-refractivity contribution in [3.05, 3.63) is 35.4 Å². The predicted octanol–water partition coefficient (Wildman–Crippen LogP) is 1.97. The Morgan fingerprint density at radius 3 is 2.67 bits per heavy atom. The molecule has 1 unspecified atom stereocenters. The van der Waals surface area contributed by atoms with Crippen LogP contribution in [0.5, 0.6) is 0 Å². The molecule has 0 aromatic heterocycles. The molecule has 0 aliphatic carbocycles. The summed E-state index contributed by atoms with van der Waals surface area (Å²) in [6.45, 7) is 4.39. The molecule has 0 fully saturated rings. The van der Waals surface area contributed by atoms with Crippen molar-refractivity contribution in [1.29, 1.82) is 0 Å². The first-order valence-corrected chi connectivity index (χ1v) is 5.97. The van der Waals surface area contributed by atoms with E-state index in [4.69, 9.17) is 0 Å². The molecule has 0 saturated heterocycles. The summed E-state index contributed by atoms with van der Waals surface area (Å²) in [7, 11) is 0. The third-order valence-corrected chi connectivity index (χ3v) is 2.62. The lowest BCUT2D eigenvalue weighted by molar-refractivity contribution is -0.120. The largest absolute Gasteiger partial charge is 0.353 e. The van der Waals surface area contributed by atoms with Gasteiger partial charge in [0.25, 0.3) is 0 Å². The summed E-state index contributed by atoms with van der Waals surface area (Å²) in [5.74, 6) is -1.85. The molecule has 0 bridgehead atoms. The van der Waals surface area contributed by atoms with Gasteiger partial charge in [0.15, 0.2) is 11.6 Å². The molecule has 0 radical (unpaired) electrons. The van der Waals surface area contributed by atoms with E-state index in [1.165, 1.54) is 6.07 Å². The summed E-state index contributed by atoms with van der Waals surface area (Å²) in [4.78, 5) is 11.4. The van der Waals surface area contributed by atoms with E-state index in [2.05, 4.69) is 10.6 Å². The first-order valence-electron chi connectivity index (χ1n) is 5.97. The van der Waals surface area contributed by atoms with E-state index in [1.807, 2.05) is 13.8 Å². The third kappa shape index (κ3) is 4.79. The molecule has 1 aromatic carbocycles. The zero-order chi connectivity index (χ0) is 13.5. The number of carbonyl (C=O) groups is 1. The Morgan fingerprint density at radius 1 is 1.33 bits per heavy atom. The van der Waals surface area contributed by atoms with Crippen LogP contribution in [0.1, 0.15) is 25.8 Å². The molecule has 1 atom stereocenters. The number of carbonyl (C=O) groups excluding carboxylic acids is 1. The normalized spacial score (nSPS) is 12.2. The fourth-order valence-corrected chi connectivity index (χ4v) is 1.40. The lowest BCUT2D eigenvalue weighted by Crippen LogP contribution is -2.38. The molecule has 5 heteroatoms. The van der Waals surface area contributed by atoms with Gasteiger partial charge in [0.2, 0.25) is 5.91 Å². The third-order valence-electron chi connectivity index (χ3n) is 2.62. The first-order chi connectivity index (χ1) is 8.52. The number of rotatable bonds is 6.